The maximum Gasteiger partial charge on any atom is 0.243 e. The van der Waals surface area contributed by atoms with Crippen LogP contribution < -0.4 is 0 Å². The van der Waals surface area contributed by atoms with Gasteiger partial charge in [-0.2, -0.15) is 9.57 Å². The summed E-state index contributed by atoms with van der Waals surface area (Å²) in [7, 11) is -3.71. The van der Waals surface area contributed by atoms with Crippen molar-refractivity contribution in [2.24, 2.45) is 5.92 Å². The molecule has 1 heterocycles. The Morgan fingerprint density at radius 1 is 1.40 bits per heavy atom. The number of sulfonamides is 1. The predicted octanol–water partition coefficient (Wildman–Crippen LogP) is 1.09. The van der Waals surface area contributed by atoms with Gasteiger partial charge in [0.15, 0.2) is 0 Å². The van der Waals surface area contributed by atoms with E-state index in [0.29, 0.717) is 25.9 Å². The number of piperidine rings is 1. The highest BCUT2D eigenvalue weighted by Gasteiger charge is 2.29. The standard InChI is InChI=1S/C13H15FN2O3S/c14-13-2-1-12(7-11(13)8-15)20(18,19)16-5-3-10(9-17)4-6-16/h1-2,7,10,17H,3-6,9H2. The van der Waals surface area contributed by atoms with Gasteiger partial charge in [0.25, 0.3) is 0 Å². The van der Waals surface area contributed by atoms with E-state index in [2.05, 4.69) is 0 Å². The maximum absolute atomic E-state index is 13.2. The van der Waals surface area contributed by atoms with Crippen LogP contribution in [0.2, 0.25) is 0 Å². The Kier molecular flexibility index (Phi) is 4.38. The van der Waals surface area contributed by atoms with Crippen molar-refractivity contribution >= 4 is 10.0 Å². The molecule has 1 aliphatic heterocycles. The molecule has 20 heavy (non-hydrogen) atoms. The minimum Gasteiger partial charge on any atom is -0.396 e. The summed E-state index contributed by atoms with van der Waals surface area (Å²) < 4.78 is 39.3. The zero-order chi connectivity index (χ0) is 14.8. The second kappa shape index (κ2) is 5.87. The van der Waals surface area contributed by atoms with Crippen LogP contribution in [0.25, 0.3) is 0 Å². The first-order valence-electron chi connectivity index (χ1n) is 6.29. The van der Waals surface area contributed by atoms with Crippen LogP contribution in [0.4, 0.5) is 4.39 Å². The summed E-state index contributed by atoms with van der Waals surface area (Å²) in [6.45, 7) is 0.711. The number of rotatable bonds is 3. The number of hydrogen-bond donors (Lipinski definition) is 1. The smallest absolute Gasteiger partial charge is 0.243 e. The molecular weight excluding hydrogens is 283 g/mol. The van der Waals surface area contributed by atoms with Crippen LogP contribution in [0.15, 0.2) is 23.1 Å². The van der Waals surface area contributed by atoms with Crippen molar-refractivity contribution in [2.75, 3.05) is 19.7 Å². The summed E-state index contributed by atoms with van der Waals surface area (Å²) in [4.78, 5) is -0.0714. The van der Waals surface area contributed by atoms with E-state index in [1.165, 1.54) is 10.4 Å². The molecule has 0 unspecified atom stereocenters. The second-order valence-corrected chi connectivity index (χ2v) is 6.72. The molecule has 1 fully saturated rings. The van der Waals surface area contributed by atoms with Crippen LogP contribution >= 0.6 is 0 Å². The van der Waals surface area contributed by atoms with Gasteiger partial charge in [-0.15, -0.1) is 0 Å². The molecule has 108 valence electrons. The summed E-state index contributed by atoms with van der Waals surface area (Å²) in [5.74, 6) is -0.602. The fourth-order valence-corrected chi connectivity index (χ4v) is 3.73. The molecule has 0 aromatic heterocycles. The lowest BCUT2D eigenvalue weighted by Crippen LogP contribution is -2.39. The van der Waals surface area contributed by atoms with E-state index in [1.54, 1.807) is 6.07 Å². The average Bonchev–Trinajstić information content (AvgIpc) is 2.47. The highest BCUT2D eigenvalue weighted by atomic mass is 32.2. The van der Waals surface area contributed by atoms with Crippen molar-refractivity contribution in [1.29, 1.82) is 5.26 Å². The molecule has 1 N–H and O–H groups in total. The van der Waals surface area contributed by atoms with Crippen LogP contribution in [0.3, 0.4) is 0 Å². The molecule has 5 nitrogen and oxygen atoms in total. The first kappa shape index (κ1) is 14.9. The van der Waals surface area contributed by atoms with Crippen LogP contribution in [0, 0.1) is 23.1 Å². The summed E-state index contributed by atoms with van der Waals surface area (Å²) in [6, 6.07) is 4.86. The zero-order valence-electron chi connectivity index (χ0n) is 10.8. The lowest BCUT2D eigenvalue weighted by molar-refractivity contribution is 0.170. The zero-order valence-corrected chi connectivity index (χ0v) is 11.6. The summed E-state index contributed by atoms with van der Waals surface area (Å²) in [6.07, 6.45) is 1.20. The Labute approximate surface area is 117 Å². The number of nitriles is 1. The molecule has 1 saturated heterocycles. The van der Waals surface area contributed by atoms with E-state index < -0.39 is 15.8 Å². The van der Waals surface area contributed by atoms with Crippen molar-refractivity contribution in [2.45, 2.75) is 17.7 Å². The summed E-state index contributed by atoms with van der Waals surface area (Å²) >= 11 is 0. The first-order chi connectivity index (χ1) is 9.48. The highest BCUT2D eigenvalue weighted by molar-refractivity contribution is 7.89. The third-order valence-corrected chi connectivity index (χ3v) is 5.42. The molecule has 1 aromatic rings. The van der Waals surface area contributed by atoms with Gasteiger partial charge in [0.2, 0.25) is 10.0 Å². The normalized spacial score (nSPS) is 17.9. The third-order valence-electron chi connectivity index (χ3n) is 3.53. The summed E-state index contributed by atoms with van der Waals surface area (Å²) in [5.41, 5.74) is -0.281. The number of nitrogens with zero attached hydrogens (tertiary/aromatic N) is 2. The van der Waals surface area contributed by atoms with Gasteiger partial charge >= 0.3 is 0 Å². The highest BCUT2D eigenvalue weighted by Crippen LogP contribution is 2.24. The lowest BCUT2D eigenvalue weighted by atomic mass is 10.00. The summed E-state index contributed by atoms with van der Waals surface area (Å²) in [5, 5.41) is 17.8. The van der Waals surface area contributed by atoms with Gasteiger partial charge in [-0.1, -0.05) is 0 Å². The lowest BCUT2D eigenvalue weighted by Gasteiger charge is -2.30. The minimum absolute atomic E-state index is 0.0585. The number of aliphatic hydroxyl groups excluding tert-OH is 1. The molecule has 0 radical (unpaired) electrons. The molecule has 0 saturated carbocycles. The second-order valence-electron chi connectivity index (χ2n) is 4.78. The minimum atomic E-state index is -3.71. The maximum atomic E-state index is 13.2. The number of halogens is 1. The number of aliphatic hydroxyl groups is 1. The van der Waals surface area contributed by atoms with Gasteiger partial charge in [-0.3, -0.25) is 0 Å². The fraction of sp³-hybridized carbons (Fsp3) is 0.462. The van der Waals surface area contributed by atoms with Crippen molar-refractivity contribution in [3.63, 3.8) is 0 Å². The van der Waals surface area contributed by atoms with Crippen molar-refractivity contribution in [1.82, 2.24) is 4.31 Å². The molecule has 0 amide bonds. The number of hydrogen-bond acceptors (Lipinski definition) is 4. The van der Waals surface area contributed by atoms with Crippen molar-refractivity contribution < 1.29 is 17.9 Å². The van der Waals surface area contributed by atoms with Gasteiger partial charge in [0.1, 0.15) is 11.9 Å². The molecule has 7 heteroatoms. The predicted molar refractivity (Wildman–Crippen MR) is 69.7 cm³/mol. The largest absolute Gasteiger partial charge is 0.396 e. The monoisotopic (exact) mass is 298 g/mol. The fourth-order valence-electron chi connectivity index (χ4n) is 2.23. The van der Waals surface area contributed by atoms with Gasteiger partial charge in [0.05, 0.1) is 10.5 Å². The quantitative estimate of drug-likeness (QED) is 0.905. The molecule has 0 atom stereocenters. The van der Waals surface area contributed by atoms with E-state index >= 15 is 0 Å². The Bertz CT molecular complexity index is 632. The Hall–Kier alpha value is -1.49. The van der Waals surface area contributed by atoms with E-state index in [0.717, 1.165) is 12.1 Å². The van der Waals surface area contributed by atoms with Gasteiger partial charge in [0, 0.05) is 19.7 Å². The molecule has 2 rings (SSSR count). The molecule has 0 spiro atoms. The SMILES string of the molecule is N#Cc1cc(S(=O)(=O)N2CCC(CO)CC2)ccc1F. The van der Waals surface area contributed by atoms with Crippen LogP contribution in [-0.4, -0.2) is 37.5 Å². The van der Waals surface area contributed by atoms with Crippen LogP contribution in [0.5, 0.6) is 0 Å². The molecule has 0 bridgehead atoms. The number of benzene rings is 1. The van der Waals surface area contributed by atoms with Crippen molar-refractivity contribution in [3.8, 4) is 6.07 Å². The van der Waals surface area contributed by atoms with E-state index in [1.807, 2.05) is 0 Å². The van der Waals surface area contributed by atoms with Crippen LogP contribution in [-0.2, 0) is 10.0 Å². The molecule has 0 aliphatic carbocycles. The Morgan fingerprint density at radius 3 is 2.60 bits per heavy atom. The van der Waals surface area contributed by atoms with Gasteiger partial charge in [-0.05, 0) is 37.0 Å². The van der Waals surface area contributed by atoms with Gasteiger partial charge < -0.3 is 5.11 Å². The van der Waals surface area contributed by atoms with Gasteiger partial charge in [-0.25, -0.2) is 12.8 Å². The van der Waals surface area contributed by atoms with E-state index in [9.17, 15) is 12.8 Å². The topological polar surface area (TPSA) is 81.4 Å². The first-order valence-corrected chi connectivity index (χ1v) is 7.73. The molecular formula is C13H15FN2O3S. The molecule has 1 aromatic carbocycles. The van der Waals surface area contributed by atoms with Crippen molar-refractivity contribution in [3.05, 3.63) is 29.6 Å². The molecule has 1 aliphatic rings. The van der Waals surface area contributed by atoms with Crippen LogP contribution in [0.1, 0.15) is 18.4 Å². The Morgan fingerprint density at radius 2 is 2.05 bits per heavy atom. The van der Waals surface area contributed by atoms with E-state index in [4.69, 9.17) is 10.4 Å². The third kappa shape index (κ3) is 2.82. The van der Waals surface area contributed by atoms with E-state index in [-0.39, 0.29) is 23.0 Å². The Balaban J connectivity index is 2.25. The average molecular weight is 298 g/mol.